The van der Waals surface area contributed by atoms with Gasteiger partial charge in [0.1, 0.15) is 18.6 Å². The summed E-state index contributed by atoms with van der Waals surface area (Å²) in [5.41, 5.74) is 3.14. The SMILES string of the molecule is CCc1cccc(/[C]=N\OCc2ccccc2OC)c1. The normalized spacial score (nSPS) is 10.7. The van der Waals surface area contributed by atoms with E-state index < -0.39 is 0 Å². The Bertz CT molecular complexity index is 579. The third kappa shape index (κ3) is 3.85. The highest BCUT2D eigenvalue weighted by Crippen LogP contribution is 2.17. The summed E-state index contributed by atoms with van der Waals surface area (Å²) in [4.78, 5) is 5.27. The third-order valence-corrected chi connectivity index (χ3v) is 2.99. The van der Waals surface area contributed by atoms with E-state index in [9.17, 15) is 0 Å². The lowest BCUT2D eigenvalue weighted by molar-refractivity contribution is 0.130. The van der Waals surface area contributed by atoms with Crippen LogP contribution in [-0.4, -0.2) is 13.3 Å². The molecule has 0 heterocycles. The molecule has 3 nitrogen and oxygen atoms in total. The molecule has 0 N–H and O–H groups in total. The molecule has 20 heavy (non-hydrogen) atoms. The van der Waals surface area contributed by atoms with Gasteiger partial charge in [0.25, 0.3) is 0 Å². The van der Waals surface area contributed by atoms with E-state index in [4.69, 9.17) is 9.57 Å². The molecule has 0 unspecified atom stereocenters. The van der Waals surface area contributed by atoms with Crippen LogP contribution in [-0.2, 0) is 17.9 Å². The molecule has 0 atom stereocenters. The molecule has 0 aliphatic heterocycles. The van der Waals surface area contributed by atoms with Crippen molar-refractivity contribution in [2.45, 2.75) is 20.0 Å². The molecule has 103 valence electrons. The summed E-state index contributed by atoms with van der Waals surface area (Å²) < 4.78 is 5.25. The summed E-state index contributed by atoms with van der Waals surface area (Å²) in [6.07, 6.45) is 3.89. The molecule has 0 fully saturated rings. The zero-order valence-corrected chi connectivity index (χ0v) is 11.8. The van der Waals surface area contributed by atoms with E-state index in [1.54, 1.807) is 7.11 Å². The van der Waals surface area contributed by atoms with Gasteiger partial charge in [0, 0.05) is 11.1 Å². The van der Waals surface area contributed by atoms with Gasteiger partial charge in [-0.2, -0.15) is 0 Å². The average Bonchev–Trinajstić information content (AvgIpc) is 2.52. The molecule has 0 saturated carbocycles. The minimum atomic E-state index is 0.366. The lowest BCUT2D eigenvalue weighted by Crippen LogP contribution is -1.93. The molecule has 2 aromatic carbocycles. The maximum absolute atomic E-state index is 5.27. The van der Waals surface area contributed by atoms with Crippen LogP contribution < -0.4 is 4.74 Å². The maximum Gasteiger partial charge on any atom is 0.145 e. The molecule has 2 aromatic rings. The summed E-state index contributed by atoms with van der Waals surface area (Å²) in [7, 11) is 1.64. The monoisotopic (exact) mass is 268 g/mol. The lowest BCUT2D eigenvalue weighted by atomic mass is 10.1. The fraction of sp³-hybridized carbons (Fsp3) is 0.235. The van der Waals surface area contributed by atoms with E-state index in [1.165, 1.54) is 5.56 Å². The zero-order chi connectivity index (χ0) is 14.2. The fourth-order valence-corrected chi connectivity index (χ4v) is 1.87. The van der Waals surface area contributed by atoms with Gasteiger partial charge in [-0.3, -0.25) is 0 Å². The Balaban J connectivity index is 1.93. The van der Waals surface area contributed by atoms with E-state index in [-0.39, 0.29) is 0 Å². The molecule has 0 aromatic heterocycles. The molecule has 0 spiro atoms. The summed E-state index contributed by atoms with van der Waals surface area (Å²) in [5, 5.41) is 3.88. The Kier molecular flexibility index (Phi) is 5.18. The van der Waals surface area contributed by atoms with E-state index in [0.717, 1.165) is 23.3 Å². The first-order valence-corrected chi connectivity index (χ1v) is 6.62. The Morgan fingerprint density at radius 3 is 2.75 bits per heavy atom. The summed E-state index contributed by atoms with van der Waals surface area (Å²) in [6.45, 7) is 2.49. The minimum absolute atomic E-state index is 0.366. The van der Waals surface area contributed by atoms with Crippen LogP contribution in [0.5, 0.6) is 5.75 Å². The molecule has 0 aliphatic carbocycles. The van der Waals surface area contributed by atoms with Crippen LogP contribution in [0.1, 0.15) is 23.6 Å². The van der Waals surface area contributed by atoms with Crippen LogP contribution in [0.4, 0.5) is 0 Å². The number of methoxy groups -OCH3 is 1. The van der Waals surface area contributed by atoms with Gasteiger partial charge in [-0.1, -0.05) is 48.5 Å². The standard InChI is InChI=1S/C17H18NO2/c1-3-14-7-6-8-15(11-14)12-18-20-13-16-9-4-5-10-17(16)19-2/h4-11H,3,13H2,1-2H3. The van der Waals surface area contributed by atoms with E-state index in [2.05, 4.69) is 30.4 Å². The largest absolute Gasteiger partial charge is 0.496 e. The molecule has 1 radical (unpaired) electrons. The number of hydrogen-bond acceptors (Lipinski definition) is 3. The second-order valence-corrected chi connectivity index (χ2v) is 4.34. The van der Waals surface area contributed by atoms with Crippen molar-refractivity contribution in [2.75, 3.05) is 7.11 Å². The smallest absolute Gasteiger partial charge is 0.145 e. The van der Waals surface area contributed by atoms with Crippen LogP contribution in [0.3, 0.4) is 0 Å². The van der Waals surface area contributed by atoms with Gasteiger partial charge >= 0.3 is 0 Å². The third-order valence-electron chi connectivity index (χ3n) is 2.99. The molecular formula is C17H18NO2. The average molecular weight is 268 g/mol. The fourth-order valence-electron chi connectivity index (χ4n) is 1.87. The number of aryl methyl sites for hydroxylation is 1. The van der Waals surface area contributed by atoms with Crippen LogP contribution in [0.15, 0.2) is 53.7 Å². The highest BCUT2D eigenvalue weighted by atomic mass is 16.6. The van der Waals surface area contributed by atoms with Crippen molar-refractivity contribution in [3.8, 4) is 5.75 Å². The van der Waals surface area contributed by atoms with Crippen molar-refractivity contribution in [3.05, 3.63) is 65.2 Å². The van der Waals surface area contributed by atoms with Gasteiger partial charge in [-0.15, -0.1) is 0 Å². The highest BCUT2D eigenvalue weighted by molar-refractivity contribution is 5.79. The molecule has 2 rings (SSSR count). The van der Waals surface area contributed by atoms with Crippen molar-refractivity contribution in [1.82, 2.24) is 0 Å². The van der Waals surface area contributed by atoms with Gasteiger partial charge in [0.05, 0.1) is 7.11 Å². The number of nitrogens with zero attached hydrogens (tertiary/aromatic N) is 1. The van der Waals surface area contributed by atoms with Gasteiger partial charge < -0.3 is 9.57 Å². The van der Waals surface area contributed by atoms with Gasteiger partial charge in [0.2, 0.25) is 0 Å². The first-order valence-electron chi connectivity index (χ1n) is 6.62. The Morgan fingerprint density at radius 2 is 1.95 bits per heavy atom. The summed E-state index contributed by atoms with van der Waals surface area (Å²) >= 11 is 0. The maximum atomic E-state index is 5.27. The Labute approximate surface area is 119 Å². The van der Waals surface area contributed by atoms with Crippen molar-refractivity contribution in [1.29, 1.82) is 0 Å². The van der Waals surface area contributed by atoms with Crippen molar-refractivity contribution in [2.24, 2.45) is 5.16 Å². The number of benzene rings is 2. The van der Waals surface area contributed by atoms with Crippen molar-refractivity contribution in [3.63, 3.8) is 0 Å². The molecular weight excluding hydrogens is 250 g/mol. The Hall–Kier alpha value is -2.29. The highest BCUT2D eigenvalue weighted by Gasteiger charge is 2.01. The second kappa shape index (κ2) is 7.34. The van der Waals surface area contributed by atoms with E-state index in [0.29, 0.717) is 6.61 Å². The molecule has 0 aliphatic rings. The number of para-hydroxylation sites is 1. The first kappa shape index (κ1) is 14.1. The lowest BCUT2D eigenvalue weighted by Gasteiger charge is -2.06. The molecule has 3 heteroatoms. The van der Waals surface area contributed by atoms with Crippen molar-refractivity contribution >= 4 is 6.21 Å². The van der Waals surface area contributed by atoms with Crippen LogP contribution in [0, 0.1) is 0 Å². The zero-order valence-electron chi connectivity index (χ0n) is 11.8. The quantitative estimate of drug-likeness (QED) is 0.591. The predicted octanol–water partition coefficient (Wildman–Crippen LogP) is 3.69. The molecule has 0 saturated heterocycles. The summed E-state index contributed by atoms with van der Waals surface area (Å²) in [5.74, 6) is 0.802. The van der Waals surface area contributed by atoms with E-state index >= 15 is 0 Å². The molecule has 0 bridgehead atoms. The van der Waals surface area contributed by atoms with Gasteiger partial charge in [-0.05, 0) is 24.1 Å². The van der Waals surface area contributed by atoms with Crippen LogP contribution in [0.2, 0.25) is 0 Å². The Morgan fingerprint density at radius 1 is 1.10 bits per heavy atom. The van der Waals surface area contributed by atoms with Gasteiger partial charge in [-0.25, -0.2) is 0 Å². The predicted molar refractivity (Wildman–Crippen MR) is 80.1 cm³/mol. The number of ether oxygens (including phenoxy) is 1. The topological polar surface area (TPSA) is 30.8 Å². The van der Waals surface area contributed by atoms with Gasteiger partial charge in [0.15, 0.2) is 0 Å². The minimum Gasteiger partial charge on any atom is -0.496 e. The molecule has 0 amide bonds. The van der Waals surface area contributed by atoms with Crippen LogP contribution >= 0.6 is 0 Å². The number of rotatable bonds is 6. The second-order valence-electron chi connectivity index (χ2n) is 4.34. The first-order chi connectivity index (χ1) is 9.83. The number of hydrogen-bond donors (Lipinski definition) is 0. The van der Waals surface area contributed by atoms with E-state index in [1.807, 2.05) is 36.4 Å². The van der Waals surface area contributed by atoms with Crippen LogP contribution in [0.25, 0.3) is 0 Å². The van der Waals surface area contributed by atoms with Crippen molar-refractivity contribution < 1.29 is 9.57 Å². The summed E-state index contributed by atoms with van der Waals surface area (Å²) in [6, 6.07) is 15.8.